The van der Waals surface area contributed by atoms with Gasteiger partial charge >= 0.3 is 0 Å². The normalized spacial score (nSPS) is 18.4. The van der Waals surface area contributed by atoms with E-state index in [1.165, 1.54) is 33.4 Å². The van der Waals surface area contributed by atoms with Crippen molar-refractivity contribution in [1.82, 2.24) is 24.5 Å². The van der Waals surface area contributed by atoms with Crippen LogP contribution in [0, 0.1) is 0 Å². The fourth-order valence-corrected chi connectivity index (χ4v) is 9.31. The Morgan fingerprint density at radius 1 is 0.392 bits per heavy atom. The Hall–Kier alpha value is -6.72. The Morgan fingerprint density at radius 2 is 0.902 bits per heavy atom. The standard InChI is InChI=1S/C46H29N5/c1-3-14-37-35(12-1)45(43-16-5-7-22-49-43)36-13-2-4-15-38(36)46(37,44-17-6-8-23-50-44)40-27-31(18-19-39(40)45)30-10-9-11-32(26-30)51-41-20-24-47-28-33(41)34-29-48-25-21-42(34)51/h1-29H. The molecule has 12 rings (SSSR count). The monoisotopic (exact) mass is 651 g/mol. The van der Waals surface area contributed by atoms with Crippen molar-refractivity contribution >= 4 is 21.8 Å². The molecule has 0 aliphatic heterocycles. The molecule has 0 fully saturated rings. The van der Waals surface area contributed by atoms with Crippen LogP contribution in [-0.2, 0) is 10.8 Å². The third-order valence-corrected chi connectivity index (χ3v) is 11.2. The van der Waals surface area contributed by atoms with E-state index in [9.17, 15) is 0 Å². The molecule has 51 heavy (non-hydrogen) atoms. The van der Waals surface area contributed by atoms with E-state index in [1.54, 1.807) is 0 Å². The Kier molecular flexibility index (Phi) is 5.74. The molecule has 5 aromatic heterocycles. The first-order valence-electron chi connectivity index (χ1n) is 17.3. The van der Waals surface area contributed by atoms with E-state index in [4.69, 9.17) is 9.97 Å². The van der Waals surface area contributed by atoms with Crippen molar-refractivity contribution < 1.29 is 0 Å². The highest BCUT2D eigenvalue weighted by molar-refractivity contribution is 6.08. The van der Waals surface area contributed by atoms with Gasteiger partial charge in [-0.05, 0) is 99.1 Å². The molecule has 0 unspecified atom stereocenters. The van der Waals surface area contributed by atoms with Crippen LogP contribution in [0.5, 0.6) is 0 Å². The second-order valence-corrected chi connectivity index (χ2v) is 13.5. The van der Waals surface area contributed by atoms with Gasteiger partial charge in [-0.15, -0.1) is 0 Å². The van der Waals surface area contributed by atoms with Crippen molar-refractivity contribution in [3.05, 3.63) is 221 Å². The average molecular weight is 652 g/mol. The second-order valence-electron chi connectivity index (χ2n) is 13.5. The highest BCUT2D eigenvalue weighted by atomic mass is 15.0. The van der Waals surface area contributed by atoms with Gasteiger partial charge in [0.15, 0.2) is 0 Å². The molecule has 3 aliphatic rings. The Balaban J connectivity index is 1.22. The maximum atomic E-state index is 5.14. The lowest BCUT2D eigenvalue weighted by Gasteiger charge is -2.56. The van der Waals surface area contributed by atoms with Gasteiger partial charge in [0.05, 0.1) is 33.3 Å². The number of aromatic nitrogens is 5. The molecule has 238 valence electrons. The number of rotatable bonds is 4. The van der Waals surface area contributed by atoms with E-state index >= 15 is 0 Å². The summed E-state index contributed by atoms with van der Waals surface area (Å²) in [6, 6.07) is 50.6. The summed E-state index contributed by atoms with van der Waals surface area (Å²) in [5, 5.41) is 2.18. The van der Waals surface area contributed by atoms with E-state index in [2.05, 4.69) is 142 Å². The van der Waals surface area contributed by atoms with Gasteiger partial charge in [0.2, 0.25) is 0 Å². The van der Waals surface area contributed by atoms with Crippen molar-refractivity contribution in [1.29, 1.82) is 0 Å². The fraction of sp³-hybridized carbons (Fsp3) is 0.0435. The number of benzene rings is 4. The molecule has 0 atom stereocenters. The lowest BCUT2D eigenvalue weighted by Crippen LogP contribution is -2.52. The highest BCUT2D eigenvalue weighted by Crippen LogP contribution is 2.65. The van der Waals surface area contributed by atoms with E-state index < -0.39 is 10.8 Å². The minimum atomic E-state index is -0.624. The predicted molar refractivity (Wildman–Crippen MR) is 201 cm³/mol. The summed E-state index contributed by atoms with van der Waals surface area (Å²) in [4.78, 5) is 19.1. The number of fused-ring (bicyclic) bond motifs is 3. The lowest BCUT2D eigenvalue weighted by molar-refractivity contribution is 0.539. The maximum Gasteiger partial charge on any atom is 0.0883 e. The van der Waals surface area contributed by atoms with Gasteiger partial charge in [0.1, 0.15) is 0 Å². The summed E-state index contributed by atoms with van der Waals surface area (Å²) >= 11 is 0. The molecule has 0 saturated heterocycles. The molecule has 2 bridgehead atoms. The topological polar surface area (TPSA) is 56.5 Å². The Bertz CT molecular complexity index is 2720. The highest BCUT2D eigenvalue weighted by Gasteiger charge is 2.61. The smallest absolute Gasteiger partial charge is 0.0883 e. The van der Waals surface area contributed by atoms with Crippen molar-refractivity contribution in [2.24, 2.45) is 0 Å². The number of hydrogen-bond acceptors (Lipinski definition) is 4. The zero-order valence-electron chi connectivity index (χ0n) is 27.5. The second kappa shape index (κ2) is 10.4. The molecule has 5 heterocycles. The van der Waals surface area contributed by atoms with Crippen LogP contribution in [-0.4, -0.2) is 24.5 Å². The summed E-state index contributed by atoms with van der Waals surface area (Å²) in [5.74, 6) is 0. The van der Waals surface area contributed by atoms with Crippen LogP contribution in [0.4, 0.5) is 0 Å². The SMILES string of the molecule is c1ccc(C23c4ccccc4C(c4ccccn4)(c4ccccc42)c2cc(-c4cccc(-n5c6ccncc6c6cnccc65)c4)ccc23)nc1. The van der Waals surface area contributed by atoms with Crippen molar-refractivity contribution in [3.63, 3.8) is 0 Å². The van der Waals surface area contributed by atoms with E-state index in [1.807, 2.05) is 49.3 Å². The first kappa shape index (κ1) is 28.2. The molecule has 0 amide bonds. The third-order valence-electron chi connectivity index (χ3n) is 11.2. The maximum absolute atomic E-state index is 5.14. The fourth-order valence-electron chi connectivity index (χ4n) is 9.31. The average Bonchev–Trinajstić information content (AvgIpc) is 3.55. The van der Waals surface area contributed by atoms with Gasteiger partial charge < -0.3 is 4.57 Å². The number of pyridine rings is 4. The lowest BCUT2D eigenvalue weighted by atomic mass is 9.45. The summed E-state index contributed by atoms with van der Waals surface area (Å²) in [7, 11) is 0. The van der Waals surface area contributed by atoms with E-state index in [-0.39, 0.29) is 0 Å². The predicted octanol–water partition coefficient (Wildman–Crippen LogP) is 9.42. The number of nitrogens with zero attached hydrogens (tertiary/aromatic N) is 5. The van der Waals surface area contributed by atoms with Crippen LogP contribution < -0.4 is 0 Å². The molecule has 0 radical (unpaired) electrons. The van der Waals surface area contributed by atoms with Crippen LogP contribution in [0.25, 0.3) is 38.6 Å². The molecule has 4 aromatic carbocycles. The minimum absolute atomic E-state index is 0.592. The zero-order chi connectivity index (χ0) is 33.6. The summed E-state index contributed by atoms with van der Waals surface area (Å²) in [5.41, 5.74) is 13.9. The Labute approximate surface area is 294 Å². The molecule has 5 nitrogen and oxygen atoms in total. The van der Waals surface area contributed by atoms with Crippen molar-refractivity contribution in [2.75, 3.05) is 0 Å². The van der Waals surface area contributed by atoms with Crippen LogP contribution in [0.2, 0.25) is 0 Å². The molecular formula is C46H29N5. The molecule has 0 N–H and O–H groups in total. The molecule has 9 aromatic rings. The van der Waals surface area contributed by atoms with Crippen molar-refractivity contribution in [3.8, 4) is 16.8 Å². The minimum Gasteiger partial charge on any atom is -0.309 e. The van der Waals surface area contributed by atoms with Gasteiger partial charge in [-0.25, -0.2) is 0 Å². The van der Waals surface area contributed by atoms with Crippen molar-refractivity contribution in [2.45, 2.75) is 10.8 Å². The summed E-state index contributed by atoms with van der Waals surface area (Å²) in [6.07, 6.45) is 11.4. The van der Waals surface area contributed by atoms with Crippen LogP contribution >= 0.6 is 0 Å². The van der Waals surface area contributed by atoms with Gasteiger partial charge in [-0.2, -0.15) is 0 Å². The molecular weight excluding hydrogens is 623 g/mol. The summed E-state index contributed by atoms with van der Waals surface area (Å²) in [6.45, 7) is 0. The third kappa shape index (κ3) is 3.54. The molecule has 3 aliphatic carbocycles. The van der Waals surface area contributed by atoms with E-state index in [0.717, 1.165) is 50.0 Å². The first-order chi connectivity index (χ1) is 25.3. The molecule has 5 heteroatoms. The Morgan fingerprint density at radius 3 is 1.45 bits per heavy atom. The molecule has 0 saturated carbocycles. The van der Waals surface area contributed by atoms with Crippen LogP contribution in [0.15, 0.2) is 177 Å². The van der Waals surface area contributed by atoms with E-state index in [0.29, 0.717) is 0 Å². The van der Waals surface area contributed by atoms with Crippen LogP contribution in [0.1, 0.15) is 44.8 Å². The van der Waals surface area contributed by atoms with Gasteiger partial charge in [0, 0.05) is 53.6 Å². The number of hydrogen-bond donors (Lipinski definition) is 0. The summed E-state index contributed by atoms with van der Waals surface area (Å²) < 4.78 is 2.32. The van der Waals surface area contributed by atoms with Gasteiger partial charge in [-0.3, -0.25) is 19.9 Å². The van der Waals surface area contributed by atoms with Gasteiger partial charge in [0.25, 0.3) is 0 Å². The first-order valence-corrected chi connectivity index (χ1v) is 17.3. The zero-order valence-corrected chi connectivity index (χ0v) is 27.5. The molecule has 0 spiro atoms. The quantitative estimate of drug-likeness (QED) is 0.190. The van der Waals surface area contributed by atoms with Crippen LogP contribution in [0.3, 0.4) is 0 Å². The largest absolute Gasteiger partial charge is 0.309 e. The van der Waals surface area contributed by atoms with Gasteiger partial charge in [-0.1, -0.05) is 84.9 Å².